The lowest BCUT2D eigenvalue weighted by atomic mass is 9.87. The lowest BCUT2D eigenvalue weighted by molar-refractivity contribution is -0.671. The highest BCUT2D eigenvalue weighted by molar-refractivity contribution is 6.23. The molecule has 0 N–H and O–H groups in total. The Hall–Kier alpha value is -3.89. The van der Waals surface area contributed by atoms with Crippen LogP contribution in [0.2, 0.25) is 0 Å². The Morgan fingerprint density at radius 3 is 1.47 bits per heavy atom. The molecule has 1 aromatic heterocycles. The zero-order valence-electron chi connectivity index (χ0n) is 27.2. The predicted molar refractivity (Wildman–Crippen MR) is 157 cm³/mol. The minimum atomic E-state index is -8.61. The maximum Gasteiger partial charge on any atom is 0.385 e. The molecule has 0 fully saturated rings. The van der Waals surface area contributed by atoms with Gasteiger partial charge in [0.05, 0.1) is 12.2 Å². The number of benzene rings is 4. The minimum absolute atomic E-state index is 0. The van der Waals surface area contributed by atoms with Gasteiger partial charge in [0.25, 0.3) is 0 Å². The molecule has 4 aromatic carbocycles. The third kappa shape index (κ3) is 6.75. The van der Waals surface area contributed by atoms with Gasteiger partial charge in [0.1, 0.15) is 13.7 Å². The summed E-state index contributed by atoms with van der Waals surface area (Å²) in [5.41, 5.74) is -0.756. The first-order valence-corrected chi connectivity index (χ1v) is 15.0. The quantitative estimate of drug-likeness (QED) is 0.0402. The van der Waals surface area contributed by atoms with E-state index in [1.165, 1.54) is 29.8 Å². The highest BCUT2D eigenvalue weighted by Crippen LogP contribution is 2.64. The van der Waals surface area contributed by atoms with Gasteiger partial charge in [-0.15, -0.1) is 0 Å². The van der Waals surface area contributed by atoms with Crippen molar-refractivity contribution in [1.82, 2.24) is 0 Å². The van der Waals surface area contributed by atoms with E-state index < -0.39 is 78.7 Å². The van der Waals surface area contributed by atoms with Crippen LogP contribution in [0.4, 0.5) is 70.2 Å². The van der Waals surface area contributed by atoms with Crippen LogP contribution in [0.5, 0.6) is 0 Å². The molecular formula is C34H22F16INO3. The van der Waals surface area contributed by atoms with E-state index in [1.54, 1.807) is 36.4 Å². The Balaban J connectivity index is 0.00000673. The Morgan fingerprint density at radius 1 is 0.545 bits per heavy atom. The van der Waals surface area contributed by atoms with E-state index >= 15 is 0 Å². The van der Waals surface area contributed by atoms with Crippen LogP contribution in [0.15, 0.2) is 79.1 Å². The van der Waals surface area contributed by atoms with Gasteiger partial charge in [-0.25, -0.2) is 9.36 Å². The summed E-state index contributed by atoms with van der Waals surface area (Å²) in [6.07, 6.45) is 2.11. The van der Waals surface area contributed by atoms with Crippen molar-refractivity contribution in [1.29, 1.82) is 0 Å². The van der Waals surface area contributed by atoms with Gasteiger partial charge in [-0.2, -0.15) is 70.2 Å². The Kier molecular flexibility index (Phi) is 11.4. The molecule has 0 saturated carbocycles. The molecule has 21 heteroatoms. The van der Waals surface area contributed by atoms with Gasteiger partial charge in [0.2, 0.25) is 0 Å². The first kappa shape index (κ1) is 43.8. The molecule has 5 rings (SSSR count). The second-order valence-corrected chi connectivity index (χ2v) is 12.3. The highest BCUT2D eigenvalue weighted by atomic mass is 127. The van der Waals surface area contributed by atoms with Gasteiger partial charge in [-0.3, -0.25) is 0 Å². The number of pyridine rings is 1. The summed E-state index contributed by atoms with van der Waals surface area (Å²) in [6.45, 7) is -7.33. The lowest BCUT2D eigenvalue weighted by Crippen LogP contribution is -3.00. The molecule has 0 atom stereocenters. The van der Waals surface area contributed by atoms with Crippen molar-refractivity contribution in [2.45, 2.75) is 54.0 Å². The molecule has 0 aliphatic rings. The van der Waals surface area contributed by atoms with Crippen molar-refractivity contribution in [2.75, 3.05) is 13.2 Å². The SMILES string of the molecule is C[n+]1ccc(C(=O)OCC(F)(F)C(F)(F)C(F)(F)C(F)(F)C(F)(F)C(F)(F)C(F)(F)C(F)(F)COCc2ccc3ccc4cccc5ccc2c3c45)cc1.[I-]. The van der Waals surface area contributed by atoms with Crippen molar-refractivity contribution in [3.63, 3.8) is 0 Å². The second-order valence-electron chi connectivity index (χ2n) is 12.3. The molecule has 0 amide bonds. The minimum Gasteiger partial charge on any atom is -1.00 e. The van der Waals surface area contributed by atoms with Gasteiger partial charge in [-0.1, -0.05) is 54.6 Å². The van der Waals surface area contributed by atoms with Crippen molar-refractivity contribution >= 4 is 38.3 Å². The molecule has 0 aliphatic heterocycles. The number of aromatic nitrogens is 1. The second kappa shape index (κ2) is 14.2. The van der Waals surface area contributed by atoms with Crippen LogP contribution >= 0.6 is 0 Å². The number of rotatable bonds is 14. The number of carbonyl (C=O) groups excluding carboxylic acids is 1. The van der Waals surface area contributed by atoms with Crippen LogP contribution in [0.3, 0.4) is 0 Å². The molecule has 1 heterocycles. The van der Waals surface area contributed by atoms with Crippen molar-refractivity contribution in [3.05, 3.63) is 90.3 Å². The lowest BCUT2D eigenvalue weighted by Gasteiger charge is -2.43. The van der Waals surface area contributed by atoms with Gasteiger partial charge < -0.3 is 33.5 Å². The molecule has 300 valence electrons. The van der Waals surface area contributed by atoms with Crippen molar-refractivity contribution < 1.29 is 113 Å². The zero-order chi connectivity index (χ0) is 40.5. The van der Waals surface area contributed by atoms with Crippen LogP contribution in [0.25, 0.3) is 32.3 Å². The fourth-order valence-corrected chi connectivity index (χ4v) is 5.52. The summed E-state index contributed by atoms with van der Waals surface area (Å²) < 4.78 is 240. The van der Waals surface area contributed by atoms with E-state index in [0.29, 0.717) is 26.9 Å². The first-order chi connectivity index (χ1) is 24.7. The molecular weight excluding hydrogens is 901 g/mol. The fraction of sp³-hybridized carbons (Fsp3) is 0.353. The third-order valence-electron chi connectivity index (χ3n) is 8.65. The number of halogens is 17. The summed E-state index contributed by atoms with van der Waals surface area (Å²) in [7, 11) is 1.37. The molecule has 0 aliphatic carbocycles. The van der Waals surface area contributed by atoms with Gasteiger partial charge >= 0.3 is 53.3 Å². The van der Waals surface area contributed by atoms with E-state index in [9.17, 15) is 75.0 Å². The predicted octanol–water partition coefficient (Wildman–Crippen LogP) is 6.87. The molecule has 5 aromatic rings. The number of nitrogens with zero attached hydrogens (tertiary/aromatic N) is 1. The van der Waals surface area contributed by atoms with Crippen LogP contribution in [-0.4, -0.2) is 66.6 Å². The summed E-state index contributed by atoms with van der Waals surface area (Å²) in [5.74, 6) is -65.0. The number of ether oxygens (including phenoxy) is 2. The summed E-state index contributed by atoms with van der Waals surface area (Å²) in [6, 6.07) is 15.9. The van der Waals surface area contributed by atoms with Crippen molar-refractivity contribution in [3.8, 4) is 0 Å². The molecule has 0 spiro atoms. The Labute approximate surface area is 315 Å². The van der Waals surface area contributed by atoms with Gasteiger partial charge in [-0.05, 0) is 37.9 Å². The summed E-state index contributed by atoms with van der Waals surface area (Å²) >= 11 is 0. The van der Waals surface area contributed by atoms with E-state index in [0.717, 1.165) is 24.5 Å². The maximum absolute atomic E-state index is 14.6. The zero-order valence-corrected chi connectivity index (χ0v) is 29.4. The fourth-order valence-electron chi connectivity index (χ4n) is 5.52. The van der Waals surface area contributed by atoms with Crippen LogP contribution in [0, 0.1) is 0 Å². The topological polar surface area (TPSA) is 39.4 Å². The number of alkyl halides is 16. The van der Waals surface area contributed by atoms with E-state index in [2.05, 4.69) is 9.47 Å². The monoisotopic (exact) mass is 923 g/mol. The summed E-state index contributed by atoms with van der Waals surface area (Å²) in [5, 5.41) is 3.47. The number of hydrogen-bond donors (Lipinski definition) is 0. The first-order valence-electron chi connectivity index (χ1n) is 15.0. The highest BCUT2D eigenvalue weighted by Gasteiger charge is 2.94. The number of carbonyl (C=O) groups is 1. The number of hydrogen-bond acceptors (Lipinski definition) is 3. The summed E-state index contributed by atoms with van der Waals surface area (Å²) in [4.78, 5) is 11.8. The average molecular weight is 923 g/mol. The molecule has 0 radical (unpaired) electrons. The van der Waals surface area contributed by atoms with Crippen molar-refractivity contribution in [2.24, 2.45) is 7.05 Å². The normalized spacial score (nSPS) is 14.1. The molecule has 0 unspecified atom stereocenters. The smallest absolute Gasteiger partial charge is 0.385 e. The standard InChI is InChI=1S/C34H22F16NO3.HI/c1-51-13-11-21(12-14-51)26(52)54-17-28(37,38)30(41,42)32(45,46)34(49,50)33(47,48)31(43,44)29(39,40)27(35,36)16-53-15-22-8-7-20-6-5-18-3-2-4-19-9-10-23(22)25(20)24(18)19;/h2-14H,15-17H2,1H3;1H/q+1;/p-1. The molecule has 55 heavy (non-hydrogen) atoms. The van der Waals surface area contributed by atoms with E-state index in [1.807, 2.05) is 0 Å². The molecule has 0 saturated heterocycles. The maximum atomic E-state index is 14.6. The third-order valence-corrected chi connectivity index (χ3v) is 8.65. The molecule has 4 nitrogen and oxygen atoms in total. The van der Waals surface area contributed by atoms with Crippen LogP contribution in [-0.2, 0) is 23.1 Å². The van der Waals surface area contributed by atoms with Gasteiger partial charge in [0, 0.05) is 12.1 Å². The van der Waals surface area contributed by atoms with E-state index in [-0.39, 0.29) is 34.9 Å². The average Bonchev–Trinajstić information content (AvgIpc) is 3.09. The number of aryl methyl sites for hydroxylation is 1. The van der Waals surface area contributed by atoms with Crippen LogP contribution < -0.4 is 28.5 Å². The Bertz CT molecular complexity index is 2160. The van der Waals surface area contributed by atoms with Crippen LogP contribution in [0.1, 0.15) is 15.9 Å². The Morgan fingerprint density at radius 2 is 0.964 bits per heavy atom. The van der Waals surface area contributed by atoms with E-state index in [4.69, 9.17) is 0 Å². The number of esters is 1. The van der Waals surface area contributed by atoms with Gasteiger partial charge in [0.15, 0.2) is 19.0 Å². The molecule has 0 bridgehead atoms. The largest absolute Gasteiger partial charge is 1.00 e.